The maximum atomic E-state index is 11.4. The van der Waals surface area contributed by atoms with Gasteiger partial charge in [0, 0.05) is 13.1 Å². The molecule has 1 saturated heterocycles. The lowest BCUT2D eigenvalue weighted by Gasteiger charge is -2.24. The molecular weight excluding hydrogens is 140 g/mol. The van der Waals surface area contributed by atoms with Crippen LogP contribution < -0.4 is 5.73 Å². The third-order valence-corrected chi connectivity index (χ3v) is 1.79. The van der Waals surface area contributed by atoms with Crippen LogP contribution in [0.3, 0.4) is 0 Å². The predicted molar refractivity (Wildman–Crippen MR) is 43.8 cm³/mol. The molecule has 0 saturated carbocycles. The zero-order valence-corrected chi connectivity index (χ0v) is 7.13. The highest BCUT2D eigenvalue weighted by atomic mass is 16.2. The summed E-state index contributed by atoms with van der Waals surface area (Å²) in [5.74, 6) is 0.0475. The molecule has 0 aromatic heterocycles. The molecule has 1 radical (unpaired) electrons. The van der Waals surface area contributed by atoms with Gasteiger partial charge in [-0.2, -0.15) is 0 Å². The standard InChI is InChI=1S/C8H15N2O/c1-8(2,9)7(11)10-5-3-4-6-10/h3H,4-6,9H2,1-2H3. The van der Waals surface area contributed by atoms with Crippen LogP contribution in [0, 0.1) is 6.42 Å². The van der Waals surface area contributed by atoms with Crippen LogP contribution in [-0.2, 0) is 4.79 Å². The molecule has 63 valence electrons. The minimum Gasteiger partial charge on any atom is -0.341 e. The number of amides is 1. The van der Waals surface area contributed by atoms with Crippen molar-refractivity contribution in [3.05, 3.63) is 6.42 Å². The van der Waals surface area contributed by atoms with Crippen LogP contribution in [0.15, 0.2) is 0 Å². The lowest BCUT2D eigenvalue weighted by atomic mass is 10.1. The third-order valence-electron chi connectivity index (χ3n) is 1.79. The summed E-state index contributed by atoms with van der Waals surface area (Å²) in [6, 6.07) is 0. The fourth-order valence-corrected chi connectivity index (χ4v) is 1.18. The summed E-state index contributed by atoms with van der Waals surface area (Å²) in [4.78, 5) is 13.2. The summed E-state index contributed by atoms with van der Waals surface area (Å²) in [6.07, 6.45) is 3.10. The lowest BCUT2D eigenvalue weighted by molar-refractivity contribution is -0.134. The number of nitrogens with zero attached hydrogens (tertiary/aromatic N) is 1. The molecule has 1 heterocycles. The van der Waals surface area contributed by atoms with Gasteiger partial charge in [-0.15, -0.1) is 0 Å². The normalized spacial score (nSPS) is 19.0. The highest BCUT2D eigenvalue weighted by Gasteiger charge is 2.29. The Morgan fingerprint density at radius 1 is 1.64 bits per heavy atom. The van der Waals surface area contributed by atoms with E-state index in [-0.39, 0.29) is 5.91 Å². The van der Waals surface area contributed by atoms with E-state index in [0.29, 0.717) is 0 Å². The van der Waals surface area contributed by atoms with Gasteiger partial charge in [-0.25, -0.2) is 0 Å². The van der Waals surface area contributed by atoms with Gasteiger partial charge in [0.15, 0.2) is 0 Å². The van der Waals surface area contributed by atoms with Crippen LogP contribution in [-0.4, -0.2) is 29.4 Å². The SMILES string of the molecule is CC(C)(N)C(=O)N1C[CH]CC1. The fourth-order valence-electron chi connectivity index (χ4n) is 1.18. The van der Waals surface area contributed by atoms with E-state index in [1.54, 1.807) is 18.7 Å². The number of carbonyl (C=O) groups excluding carboxylic acids is 1. The molecule has 1 fully saturated rings. The van der Waals surface area contributed by atoms with Crippen LogP contribution in [0.4, 0.5) is 0 Å². The number of likely N-dealkylation sites (tertiary alicyclic amines) is 1. The van der Waals surface area contributed by atoms with E-state index in [9.17, 15) is 4.79 Å². The number of hydrogen-bond acceptors (Lipinski definition) is 2. The van der Waals surface area contributed by atoms with E-state index in [2.05, 4.69) is 6.42 Å². The maximum absolute atomic E-state index is 11.4. The molecule has 1 aliphatic rings. The van der Waals surface area contributed by atoms with Gasteiger partial charge in [0.05, 0.1) is 5.54 Å². The molecule has 1 amide bonds. The molecule has 11 heavy (non-hydrogen) atoms. The monoisotopic (exact) mass is 155 g/mol. The Kier molecular flexibility index (Phi) is 2.18. The molecule has 0 aromatic carbocycles. The molecule has 0 aromatic rings. The van der Waals surface area contributed by atoms with Crippen molar-refractivity contribution in [2.75, 3.05) is 13.1 Å². The van der Waals surface area contributed by atoms with Gasteiger partial charge >= 0.3 is 0 Å². The predicted octanol–water partition coefficient (Wildman–Crippen LogP) is 0.160. The number of nitrogens with two attached hydrogens (primary N) is 1. The Morgan fingerprint density at radius 2 is 2.27 bits per heavy atom. The zero-order valence-electron chi connectivity index (χ0n) is 7.13. The zero-order chi connectivity index (χ0) is 8.48. The van der Waals surface area contributed by atoms with E-state index < -0.39 is 5.54 Å². The third kappa shape index (κ3) is 1.93. The second-order valence-corrected chi connectivity index (χ2v) is 3.55. The second kappa shape index (κ2) is 2.81. The Hall–Kier alpha value is -0.570. The molecule has 0 atom stereocenters. The van der Waals surface area contributed by atoms with Crippen molar-refractivity contribution in [1.82, 2.24) is 4.90 Å². The molecule has 0 aliphatic carbocycles. The van der Waals surface area contributed by atoms with Crippen molar-refractivity contribution in [3.63, 3.8) is 0 Å². The summed E-state index contributed by atoms with van der Waals surface area (Å²) in [7, 11) is 0. The van der Waals surface area contributed by atoms with Gasteiger partial charge in [0.2, 0.25) is 5.91 Å². The largest absolute Gasteiger partial charge is 0.341 e. The average Bonchev–Trinajstić information content (AvgIpc) is 2.34. The van der Waals surface area contributed by atoms with Gasteiger partial charge in [-0.05, 0) is 26.7 Å². The number of hydrogen-bond donors (Lipinski definition) is 1. The minimum absolute atomic E-state index is 0.0475. The Balaban J connectivity index is 2.53. The quantitative estimate of drug-likeness (QED) is 0.586. The van der Waals surface area contributed by atoms with Gasteiger partial charge in [-0.1, -0.05) is 0 Å². The summed E-state index contributed by atoms with van der Waals surface area (Å²) < 4.78 is 0. The van der Waals surface area contributed by atoms with E-state index in [1.807, 2.05) is 0 Å². The first-order chi connectivity index (χ1) is 5.02. The van der Waals surface area contributed by atoms with Gasteiger partial charge in [-0.3, -0.25) is 4.79 Å². The first-order valence-corrected chi connectivity index (χ1v) is 3.92. The van der Waals surface area contributed by atoms with Crippen molar-refractivity contribution in [3.8, 4) is 0 Å². The molecule has 0 bridgehead atoms. The number of carbonyl (C=O) groups is 1. The van der Waals surface area contributed by atoms with E-state index in [0.717, 1.165) is 19.5 Å². The van der Waals surface area contributed by atoms with Crippen molar-refractivity contribution in [2.24, 2.45) is 5.73 Å². The van der Waals surface area contributed by atoms with Crippen molar-refractivity contribution in [2.45, 2.75) is 25.8 Å². The number of rotatable bonds is 1. The minimum atomic E-state index is -0.710. The van der Waals surface area contributed by atoms with Crippen LogP contribution in [0.2, 0.25) is 0 Å². The molecule has 3 heteroatoms. The van der Waals surface area contributed by atoms with Gasteiger partial charge < -0.3 is 10.6 Å². The smallest absolute Gasteiger partial charge is 0.242 e. The van der Waals surface area contributed by atoms with Crippen LogP contribution in [0.25, 0.3) is 0 Å². The lowest BCUT2D eigenvalue weighted by Crippen LogP contribution is -2.50. The first-order valence-electron chi connectivity index (χ1n) is 3.92. The Morgan fingerprint density at radius 3 is 2.64 bits per heavy atom. The van der Waals surface area contributed by atoms with Crippen LogP contribution in [0.5, 0.6) is 0 Å². The van der Waals surface area contributed by atoms with Gasteiger partial charge in [0.25, 0.3) is 0 Å². The summed E-state index contributed by atoms with van der Waals surface area (Å²) in [6.45, 7) is 5.08. The van der Waals surface area contributed by atoms with Crippen molar-refractivity contribution in [1.29, 1.82) is 0 Å². The molecule has 1 rings (SSSR count). The van der Waals surface area contributed by atoms with Gasteiger partial charge in [0.1, 0.15) is 0 Å². The van der Waals surface area contributed by atoms with Crippen LogP contribution in [0.1, 0.15) is 20.3 Å². The summed E-state index contributed by atoms with van der Waals surface area (Å²) >= 11 is 0. The fraction of sp³-hybridized carbons (Fsp3) is 0.750. The maximum Gasteiger partial charge on any atom is 0.242 e. The molecular formula is C8H15N2O. The molecule has 2 N–H and O–H groups in total. The molecule has 0 spiro atoms. The molecule has 1 aliphatic heterocycles. The second-order valence-electron chi connectivity index (χ2n) is 3.55. The topological polar surface area (TPSA) is 46.3 Å². The Bertz CT molecular complexity index is 154. The first kappa shape index (κ1) is 8.53. The summed E-state index contributed by atoms with van der Waals surface area (Å²) in [5.41, 5.74) is 4.94. The average molecular weight is 155 g/mol. The van der Waals surface area contributed by atoms with Crippen molar-refractivity contribution < 1.29 is 4.79 Å². The van der Waals surface area contributed by atoms with E-state index in [1.165, 1.54) is 0 Å². The molecule has 0 unspecified atom stereocenters. The summed E-state index contributed by atoms with van der Waals surface area (Å²) in [5, 5.41) is 0. The Labute approximate surface area is 67.5 Å². The van der Waals surface area contributed by atoms with Crippen LogP contribution >= 0.6 is 0 Å². The van der Waals surface area contributed by atoms with E-state index >= 15 is 0 Å². The van der Waals surface area contributed by atoms with E-state index in [4.69, 9.17) is 5.73 Å². The highest BCUT2D eigenvalue weighted by Crippen LogP contribution is 2.11. The highest BCUT2D eigenvalue weighted by molar-refractivity contribution is 5.85. The van der Waals surface area contributed by atoms with Crippen molar-refractivity contribution >= 4 is 5.91 Å². The molecule has 3 nitrogen and oxygen atoms in total.